The van der Waals surface area contributed by atoms with Crippen LogP contribution in [-0.2, 0) is 0 Å². The Morgan fingerprint density at radius 3 is 2.90 bits per heavy atom. The molecule has 0 saturated carbocycles. The lowest BCUT2D eigenvalue weighted by atomic mass is 10.0. The van der Waals surface area contributed by atoms with E-state index >= 15 is 0 Å². The van der Waals surface area contributed by atoms with E-state index in [9.17, 15) is 14.7 Å². The average molecular weight is 287 g/mol. The molecule has 0 unspecified atom stereocenters. The van der Waals surface area contributed by atoms with Crippen LogP contribution in [0.5, 0.6) is 5.75 Å². The summed E-state index contributed by atoms with van der Waals surface area (Å²) in [6, 6.07) is 5.23. The van der Waals surface area contributed by atoms with Gasteiger partial charge >= 0.3 is 5.97 Å². The minimum Gasteiger partial charge on any atom is -0.489 e. The van der Waals surface area contributed by atoms with Crippen LogP contribution in [0.25, 0.3) is 10.9 Å². The van der Waals surface area contributed by atoms with Crippen LogP contribution in [0.1, 0.15) is 36.7 Å². The average Bonchev–Trinajstić information content (AvgIpc) is 2.43. The monoisotopic (exact) mass is 287 g/mol. The van der Waals surface area contributed by atoms with Gasteiger partial charge in [0, 0.05) is 6.20 Å². The number of benzene rings is 1. The molecule has 0 bridgehead atoms. The van der Waals surface area contributed by atoms with Gasteiger partial charge in [0.05, 0.1) is 16.9 Å². The second-order valence-corrected chi connectivity index (χ2v) is 5.83. The smallest absolute Gasteiger partial charge is 0.341 e. The number of rotatable bonds is 3. The SMILES string of the molecule is CC(C)C[C@@H]1COc2cccc3c(=O)c(C(=O)O)cn1c23. The van der Waals surface area contributed by atoms with E-state index < -0.39 is 11.4 Å². The van der Waals surface area contributed by atoms with Crippen LogP contribution in [0, 0.1) is 5.92 Å². The first-order valence-corrected chi connectivity index (χ1v) is 7.03. The number of carbonyl (C=O) groups is 1. The summed E-state index contributed by atoms with van der Waals surface area (Å²) in [5.41, 5.74) is 0.0594. The van der Waals surface area contributed by atoms with Gasteiger partial charge in [-0.25, -0.2) is 4.79 Å². The van der Waals surface area contributed by atoms with Crippen molar-refractivity contribution in [2.45, 2.75) is 26.3 Å². The first-order valence-electron chi connectivity index (χ1n) is 7.03. The molecule has 0 fully saturated rings. The third-order valence-electron chi connectivity index (χ3n) is 3.81. The topological polar surface area (TPSA) is 68.5 Å². The van der Waals surface area contributed by atoms with E-state index in [1.807, 2.05) is 10.6 Å². The Kier molecular flexibility index (Phi) is 3.20. The standard InChI is InChI=1S/C16H17NO4/c1-9(2)6-10-8-21-13-5-3-4-11-14(13)17(10)7-12(15(11)18)16(19)20/h3-5,7,9-10H,6,8H2,1-2H3,(H,19,20)/t10-/m1/s1. The van der Waals surface area contributed by atoms with E-state index in [2.05, 4.69) is 13.8 Å². The van der Waals surface area contributed by atoms with Crippen molar-refractivity contribution in [1.29, 1.82) is 0 Å². The first-order chi connectivity index (χ1) is 9.99. The van der Waals surface area contributed by atoms with Gasteiger partial charge in [0.15, 0.2) is 0 Å². The number of aromatic carboxylic acids is 1. The van der Waals surface area contributed by atoms with E-state index in [1.165, 1.54) is 6.20 Å². The van der Waals surface area contributed by atoms with Crippen molar-refractivity contribution in [2.24, 2.45) is 5.92 Å². The number of pyridine rings is 1. The van der Waals surface area contributed by atoms with Crippen molar-refractivity contribution in [3.63, 3.8) is 0 Å². The molecule has 1 aromatic heterocycles. The maximum absolute atomic E-state index is 12.3. The molecule has 2 heterocycles. The van der Waals surface area contributed by atoms with Crippen LogP contribution in [-0.4, -0.2) is 22.2 Å². The number of ether oxygens (including phenoxy) is 1. The van der Waals surface area contributed by atoms with Crippen molar-refractivity contribution in [1.82, 2.24) is 4.57 Å². The molecule has 1 N–H and O–H groups in total. The van der Waals surface area contributed by atoms with Crippen LogP contribution in [0.3, 0.4) is 0 Å². The summed E-state index contributed by atoms with van der Waals surface area (Å²) in [5, 5.41) is 9.66. The minimum atomic E-state index is -1.19. The van der Waals surface area contributed by atoms with E-state index in [0.717, 1.165) is 6.42 Å². The fourth-order valence-electron chi connectivity index (χ4n) is 2.93. The minimum absolute atomic E-state index is 0.0427. The fourth-order valence-corrected chi connectivity index (χ4v) is 2.93. The zero-order chi connectivity index (χ0) is 15.1. The molecule has 1 aliphatic heterocycles. The van der Waals surface area contributed by atoms with Gasteiger partial charge in [0.25, 0.3) is 0 Å². The second-order valence-electron chi connectivity index (χ2n) is 5.83. The van der Waals surface area contributed by atoms with E-state index in [4.69, 9.17) is 4.74 Å². The number of para-hydroxylation sites is 1. The normalized spacial score (nSPS) is 17.0. The Morgan fingerprint density at radius 1 is 1.48 bits per heavy atom. The van der Waals surface area contributed by atoms with Gasteiger partial charge in [-0.2, -0.15) is 0 Å². The first kappa shape index (κ1) is 13.7. The number of carboxylic acids is 1. The van der Waals surface area contributed by atoms with Gasteiger partial charge in [0.1, 0.15) is 17.9 Å². The summed E-state index contributed by atoms with van der Waals surface area (Å²) in [7, 11) is 0. The lowest BCUT2D eigenvalue weighted by Crippen LogP contribution is -2.28. The van der Waals surface area contributed by atoms with Crippen molar-refractivity contribution < 1.29 is 14.6 Å². The molecule has 0 saturated heterocycles. The number of hydrogen-bond acceptors (Lipinski definition) is 3. The van der Waals surface area contributed by atoms with Gasteiger partial charge in [-0.3, -0.25) is 4.79 Å². The van der Waals surface area contributed by atoms with Gasteiger partial charge in [-0.1, -0.05) is 19.9 Å². The quantitative estimate of drug-likeness (QED) is 0.942. The molecule has 21 heavy (non-hydrogen) atoms. The third-order valence-corrected chi connectivity index (χ3v) is 3.81. The molecule has 2 aromatic rings. The van der Waals surface area contributed by atoms with Crippen LogP contribution in [0.15, 0.2) is 29.2 Å². The zero-order valence-corrected chi connectivity index (χ0v) is 12.0. The Labute approximate surface area is 121 Å². The molecule has 0 radical (unpaired) electrons. The largest absolute Gasteiger partial charge is 0.489 e. The molecule has 0 amide bonds. The summed E-state index contributed by atoms with van der Waals surface area (Å²) in [6.07, 6.45) is 2.33. The van der Waals surface area contributed by atoms with Crippen molar-refractivity contribution in [3.05, 3.63) is 40.2 Å². The molecule has 0 aliphatic carbocycles. The molecule has 5 nitrogen and oxygen atoms in total. The number of carboxylic acid groups (broad SMARTS) is 1. The van der Waals surface area contributed by atoms with Crippen LogP contribution >= 0.6 is 0 Å². The fraction of sp³-hybridized carbons (Fsp3) is 0.375. The van der Waals surface area contributed by atoms with Gasteiger partial charge in [-0.15, -0.1) is 0 Å². The predicted molar refractivity (Wildman–Crippen MR) is 79.2 cm³/mol. The Balaban J connectivity index is 2.33. The molecule has 3 rings (SSSR count). The Bertz CT molecular complexity index is 776. The molecule has 1 aliphatic rings. The molecular formula is C16H17NO4. The summed E-state index contributed by atoms with van der Waals surface area (Å²) < 4.78 is 7.66. The highest BCUT2D eigenvalue weighted by Gasteiger charge is 2.25. The third kappa shape index (κ3) is 2.18. The van der Waals surface area contributed by atoms with E-state index in [-0.39, 0.29) is 11.6 Å². The molecule has 1 atom stereocenters. The second kappa shape index (κ2) is 4.91. The Morgan fingerprint density at radius 2 is 2.24 bits per heavy atom. The molecular weight excluding hydrogens is 270 g/mol. The number of aromatic nitrogens is 1. The molecule has 1 aromatic carbocycles. The van der Waals surface area contributed by atoms with Crippen LogP contribution in [0.4, 0.5) is 0 Å². The highest BCUT2D eigenvalue weighted by molar-refractivity contribution is 5.94. The highest BCUT2D eigenvalue weighted by Crippen LogP contribution is 2.33. The lowest BCUT2D eigenvalue weighted by Gasteiger charge is -2.30. The summed E-state index contributed by atoms with van der Waals surface area (Å²) >= 11 is 0. The van der Waals surface area contributed by atoms with Gasteiger partial charge in [0.2, 0.25) is 5.43 Å². The van der Waals surface area contributed by atoms with Gasteiger partial charge in [-0.05, 0) is 24.5 Å². The van der Waals surface area contributed by atoms with Crippen molar-refractivity contribution >= 4 is 16.9 Å². The van der Waals surface area contributed by atoms with E-state index in [0.29, 0.717) is 29.2 Å². The predicted octanol–water partition coefficient (Wildman–Crippen LogP) is 2.68. The van der Waals surface area contributed by atoms with Gasteiger partial charge < -0.3 is 14.4 Å². The summed E-state index contributed by atoms with van der Waals surface area (Å²) in [5.74, 6) is -0.0981. The Hall–Kier alpha value is -2.30. The highest BCUT2D eigenvalue weighted by atomic mass is 16.5. The van der Waals surface area contributed by atoms with Crippen molar-refractivity contribution in [3.8, 4) is 5.75 Å². The summed E-state index contributed by atoms with van der Waals surface area (Å²) in [6.45, 7) is 4.71. The number of nitrogens with zero attached hydrogens (tertiary/aromatic N) is 1. The number of hydrogen-bond donors (Lipinski definition) is 1. The maximum Gasteiger partial charge on any atom is 0.341 e. The summed E-state index contributed by atoms with van der Waals surface area (Å²) in [4.78, 5) is 23.6. The van der Waals surface area contributed by atoms with E-state index in [1.54, 1.807) is 12.1 Å². The molecule has 5 heteroatoms. The van der Waals surface area contributed by atoms with Crippen molar-refractivity contribution in [2.75, 3.05) is 6.61 Å². The zero-order valence-electron chi connectivity index (χ0n) is 12.0. The molecule has 0 spiro atoms. The molecule has 110 valence electrons. The van der Waals surface area contributed by atoms with Crippen LogP contribution < -0.4 is 10.2 Å². The maximum atomic E-state index is 12.3. The lowest BCUT2D eigenvalue weighted by molar-refractivity contribution is 0.0694. The van der Waals surface area contributed by atoms with Crippen LogP contribution in [0.2, 0.25) is 0 Å².